The van der Waals surface area contributed by atoms with E-state index in [9.17, 15) is 0 Å². The maximum Gasteiger partial charge on any atom is 0.119 e. The highest BCUT2D eigenvalue weighted by atomic mass is 16.5. The van der Waals surface area contributed by atoms with Gasteiger partial charge in [-0.05, 0) is 50.9 Å². The van der Waals surface area contributed by atoms with Gasteiger partial charge in [0.05, 0.1) is 12.2 Å². The molecule has 120 valence electrons. The molecule has 0 radical (unpaired) electrons. The molecule has 0 aliphatic carbocycles. The Morgan fingerprint density at radius 2 is 2.00 bits per heavy atom. The molecule has 0 bridgehead atoms. The van der Waals surface area contributed by atoms with Crippen LogP contribution in [0.2, 0.25) is 0 Å². The fourth-order valence-electron chi connectivity index (χ4n) is 2.15. The van der Waals surface area contributed by atoms with Gasteiger partial charge in [-0.3, -0.25) is 0 Å². The third kappa shape index (κ3) is 6.49. The summed E-state index contributed by atoms with van der Waals surface area (Å²) in [6.45, 7) is 10.3. The molecular weight excluding hydrogens is 262 g/mol. The first kappa shape index (κ1) is 18.0. The molecular formula is C18H31NO2. The Balaban J connectivity index is 2.59. The van der Waals surface area contributed by atoms with Crippen molar-refractivity contribution in [2.75, 3.05) is 20.3 Å². The maximum absolute atomic E-state index is 5.88. The molecule has 0 saturated carbocycles. The van der Waals surface area contributed by atoms with Crippen molar-refractivity contribution in [1.29, 1.82) is 0 Å². The quantitative estimate of drug-likeness (QED) is 0.696. The van der Waals surface area contributed by atoms with E-state index in [0.29, 0.717) is 12.6 Å². The average Bonchev–Trinajstić information content (AvgIpc) is 2.48. The number of hydrogen-bond acceptors (Lipinski definition) is 3. The van der Waals surface area contributed by atoms with Crippen molar-refractivity contribution in [2.24, 2.45) is 0 Å². The van der Waals surface area contributed by atoms with Gasteiger partial charge in [0.1, 0.15) is 5.75 Å². The third-order valence-electron chi connectivity index (χ3n) is 3.83. The summed E-state index contributed by atoms with van der Waals surface area (Å²) in [6.07, 6.45) is 3.11. The van der Waals surface area contributed by atoms with E-state index in [1.165, 1.54) is 5.56 Å². The predicted octanol–water partition coefficient (Wildman–Crippen LogP) is 4.33. The summed E-state index contributed by atoms with van der Waals surface area (Å²) in [5.74, 6) is 0.941. The van der Waals surface area contributed by atoms with Crippen LogP contribution in [0.15, 0.2) is 24.3 Å². The number of nitrogens with one attached hydrogen (secondary N) is 1. The van der Waals surface area contributed by atoms with Crippen LogP contribution in [0.3, 0.4) is 0 Å². The van der Waals surface area contributed by atoms with Crippen molar-refractivity contribution in [2.45, 2.75) is 58.6 Å². The van der Waals surface area contributed by atoms with Gasteiger partial charge in [-0.25, -0.2) is 0 Å². The summed E-state index contributed by atoms with van der Waals surface area (Å²) in [7, 11) is 1.74. The maximum atomic E-state index is 5.88. The Morgan fingerprint density at radius 3 is 2.62 bits per heavy atom. The molecule has 0 saturated heterocycles. The molecule has 1 unspecified atom stereocenters. The van der Waals surface area contributed by atoms with Gasteiger partial charge in [0.25, 0.3) is 0 Å². The summed E-state index contributed by atoms with van der Waals surface area (Å²) < 4.78 is 11.3. The van der Waals surface area contributed by atoms with Crippen LogP contribution in [0.25, 0.3) is 0 Å². The van der Waals surface area contributed by atoms with Crippen LogP contribution >= 0.6 is 0 Å². The molecule has 0 fully saturated rings. The molecule has 0 spiro atoms. The Hall–Kier alpha value is -1.06. The Morgan fingerprint density at radius 1 is 1.24 bits per heavy atom. The lowest BCUT2D eigenvalue weighted by atomic mass is 10.0. The molecule has 1 atom stereocenters. The zero-order valence-electron chi connectivity index (χ0n) is 14.2. The fraction of sp³-hybridized carbons (Fsp3) is 0.667. The fourth-order valence-corrected chi connectivity index (χ4v) is 2.15. The largest absolute Gasteiger partial charge is 0.493 e. The molecule has 0 aliphatic rings. The molecule has 3 heteroatoms. The summed E-state index contributed by atoms with van der Waals surface area (Å²) in [5.41, 5.74) is 1.17. The molecule has 0 heterocycles. The standard InChI is InChI=1S/C18H31NO2/c1-6-12-19-17(7-2)15-9-8-10-16(14-15)21-13-11-18(3,4)20-5/h8-10,14,17,19H,6-7,11-13H2,1-5H3. The van der Waals surface area contributed by atoms with E-state index in [0.717, 1.165) is 31.6 Å². The van der Waals surface area contributed by atoms with Gasteiger partial charge in [-0.2, -0.15) is 0 Å². The van der Waals surface area contributed by atoms with Gasteiger partial charge in [-0.1, -0.05) is 26.0 Å². The first-order chi connectivity index (χ1) is 10.0. The zero-order valence-corrected chi connectivity index (χ0v) is 14.2. The first-order valence-corrected chi connectivity index (χ1v) is 8.03. The number of rotatable bonds is 10. The second kappa shape index (κ2) is 9.06. The second-order valence-corrected chi connectivity index (χ2v) is 6.05. The zero-order chi connectivity index (χ0) is 15.7. The summed E-state index contributed by atoms with van der Waals surface area (Å²) in [6, 6.07) is 8.82. The molecule has 3 nitrogen and oxygen atoms in total. The van der Waals surface area contributed by atoms with Crippen molar-refractivity contribution >= 4 is 0 Å². The van der Waals surface area contributed by atoms with Crippen molar-refractivity contribution in [3.05, 3.63) is 29.8 Å². The number of benzene rings is 1. The van der Waals surface area contributed by atoms with Crippen molar-refractivity contribution in [3.8, 4) is 5.75 Å². The van der Waals surface area contributed by atoms with Gasteiger partial charge in [0.2, 0.25) is 0 Å². The highest BCUT2D eigenvalue weighted by Crippen LogP contribution is 2.22. The lowest BCUT2D eigenvalue weighted by Crippen LogP contribution is -2.25. The number of hydrogen-bond donors (Lipinski definition) is 1. The molecule has 1 aromatic rings. The molecule has 0 amide bonds. The van der Waals surface area contributed by atoms with E-state index in [4.69, 9.17) is 9.47 Å². The Bertz CT molecular complexity index is 404. The van der Waals surface area contributed by atoms with E-state index in [-0.39, 0.29) is 5.60 Å². The molecule has 1 aromatic carbocycles. The van der Waals surface area contributed by atoms with Crippen LogP contribution in [-0.4, -0.2) is 25.9 Å². The third-order valence-corrected chi connectivity index (χ3v) is 3.83. The Labute approximate surface area is 130 Å². The Kier molecular flexibility index (Phi) is 7.76. The van der Waals surface area contributed by atoms with Gasteiger partial charge in [-0.15, -0.1) is 0 Å². The van der Waals surface area contributed by atoms with Crippen LogP contribution < -0.4 is 10.1 Å². The van der Waals surface area contributed by atoms with Crippen LogP contribution in [0.5, 0.6) is 5.75 Å². The monoisotopic (exact) mass is 293 g/mol. The lowest BCUT2D eigenvalue weighted by molar-refractivity contribution is 0.00545. The topological polar surface area (TPSA) is 30.5 Å². The van der Waals surface area contributed by atoms with Crippen LogP contribution in [-0.2, 0) is 4.74 Å². The van der Waals surface area contributed by atoms with Crippen molar-refractivity contribution in [3.63, 3.8) is 0 Å². The minimum atomic E-state index is -0.133. The van der Waals surface area contributed by atoms with E-state index >= 15 is 0 Å². The average molecular weight is 293 g/mol. The van der Waals surface area contributed by atoms with Crippen LogP contribution in [0, 0.1) is 0 Å². The van der Waals surface area contributed by atoms with Gasteiger partial charge in [0, 0.05) is 19.6 Å². The predicted molar refractivity (Wildman–Crippen MR) is 89.0 cm³/mol. The van der Waals surface area contributed by atoms with Gasteiger partial charge in [0.15, 0.2) is 0 Å². The smallest absolute Gasteiger partial charge is 0.119 e. The molecule has 1 rings (SSSR count). The van der Waals surface area contributed by atoms with Crippen LogP contribution in [0.4, 0.5) is 0 Å². The number of ether oxygens (including phenoxy) is 2. The highest BCUT2D eigenvalue weighted by molar-refractivity contribution is 5.30. The first-order valence-electron chi connectivity index (χ1n) is 8.03. The molecule has 21 heavy (non-hydrogen) atoms. The molecule has 1 N–H and O–H groups in total. The summed E-state index contributed by atoms with van der Waals surface area (Å²) >= 11 is 0. The van der Waals surface area contributed by atoms with E-state index in [1.807, 2.05) is 6.07 Å². The lowest BCUT2D eigenvalue weighted by Gasteiger charge is -2.23. The highest BCUT2D eigenvalue weighted by Gasteiger charge is 2.16. The van der Waals surface area contributed by atoms with Crippen LogP contribution in [0.1, 0.15) is 58.6 Å². The van der Waals surface area contributed by atoms with E-state index in [2.05, 4.69) is 51.2 Å². The summed E-state index contributed by atoms with van der Waals surface area (Å²) in [5, 5.41) is 3.58. The summed E-state index contributed by atoms with van der Waals surface area (Å²) in [4.78, 5) is 0. The molecule has 0 aliphatic heterocycles. The van der Waals surface area contributed by atoms with Gasteiger partial charge >= 0.3 is 0 Å². The number of methoxy groups -OCH3 is 1. The van der Waals surface area contributed by atoms with E-state index in [1.54, 1.807) is 7.11 Å². The van der Waals surface area contributed by atoms with Gasteiger partial charge < -0.3 is 14.8 Å². The van der Waals surface area contributed by atoms with Crippen molar-refractivity contribution < 1.29 is 9.47 Å². The second-order valence-electron chi connectivity index (χ2n) is 6.05. The SMILES string of the molecule is CCCNC(CC)c1cccc(OCCC(C)(C)OC)c1. The van der Waals surface area contributed by atoms with Crippen molar-refractivity contribution in [1.82, 2.24) is 5.32 Å². The molecule has 0 aromatic heterocycles. The minimum Gasteiger partial charge on any atom is -0.493 e. The minimum absolute atomic E-state index is 0.133. The normalized spacial score (nSPS) is 13.2. The van der Waals surface area contributed by atoms with E-state index < -0.39 is 0 Å².